The van der Waals surface area contributed by atoms with Gasteiger partial charge in [0.25, 0.3) is 5.91 Å². The lowest BCUT2D eigenvalue weighted by atomic mass is 9.81. The van der Waals surface area contributed by atoms with Crippen molar-refractivity contribution in [2.24, 2.45) is 17.8 Å². The Labute approximate surface area is 386 Å². The second-order valence-electron chi connectivity index (χ2n) is 17.8. The number of methoxy groups -OCH3 is 1. The lowest BCUT2D eigenvalue weighted by Crippen LogP contribution is -2.54. The molecule has 67 heavy (non-hydrogen) atoms. The minimum Gasteiger partial charge on any atom is -0.497 e. The summed E-state index contributed by atoms with van der Waals surface area (Å²) in [4.78, 5) is 67.1. The molecular formula is C50H56F5N3O9. The molecule has 0 saturated heterocycles. The van der Waals surface area contributed by atoms with Crippen molar-refractivity contribution in [3.05, 3.63) is 125 Å². The first-order valence-corrected chi connectivity index (χ1v) is 21.7. The molecule has 4 aromatic rings. The SMILES string of the molecule is COc1ccc([C@H](NC(=O)[C@@H](CC(=O)OCC2c3ccccc3-c3ccccc32)Cc2ccc(CNC(=O)OC(C)(C)C)cc2)C(=O)C[C@@H](C(C)C)[C@@H](O)C(F)(F)C(=O)NCC(F)(F)F)cc1. The Hall–Kier alpha value is -6.36. The van der Waals surface area contributed by atoms with Gasteiger partial charge in [-0.15, -0.1) is 0 Å². The summed E-state index contributed by atoms with van der Waals surface area (Å²) in [5, 5.41) is 17.3. The van der Waals surface area contributed by atoms with Crippen LogP contribution in [0.3, 0.4) is 0 Å². The number of rotatable bonds is 20. The first kappa shape index (κ1) is 51.6. The molecule has 0 unspecified atom stereocenters. The number of benzene rings is 4. The minimum atomic E-state index is -5.01. The second-order valence-corrected chi connectivity index (χ2v) is 17.8. The highest BCUT2D eigenvalue weighted by Crippen LogP contribution is 2.44. The number of hydrogen-bond acceptors (Lipinski definition) is 9. The smallest absolute Gasteiger partial charge is 0.407 e. The van der Waals surface area contributed by atoms with Crippen LogP contribution in [0.5, 0.6) is 5.75 Å². The Balaban J connectivity index is 1.41. The fourth-order valence-corrected chi connectivity index (χ4v) is 7.87. The highest BCUT2D eigenvalue weighted by molar-refractivity contribution is 5.92. The maximum Gasteiger partial charge on any atom is 0.407 e. The van der Waals surface area contributed by atoms with E-state index in [1.165, 1.54) is 45.2 Å². The average Bonchev–Trinajstić information content (AvgIpc) is 3.60. The van der Waals surface area contributed by atoms with Crippen molar-refractivity contribution < 1.29 is 65.2 Å². The summed E-state index contributed by atoms with van der Waals surface area (Å²) in [6, 6.07) is 26.7. The number of halogens is 5. The number of aliphatic hydroxyl groups is 1. The van der Waals surface area contributed by atoms with Crippen LogP contribution >= 0.6 is 0 Å². The molecule has 0 heterocycles. The van der Waals surface area contributed by atoms with E-state index in [-0.39, 0.29) is 31.1 Å². The first-order chi connectivity index (χ1) is 31.5. The fourth-order valence-electron chi connectivity index (χ4n) is 7.87. The summed E-state index contributed by atoms with van der Waals surface area (Å²) in [7, 11) is 1.40. The number of carbonyl (C=O) groups excluding carboxylic acids is 5. The van der Waals surface area contributed by atoms with E-state index in [1.807, 2.05) is 48.5 Å². The third-order valence-electron chi connectivity index (χ3n) is 11.4. The number of Topliss-reactive ketones (excluding diaryl/α,β-unsaturated/α-hetero) is 1. The van der Waals surface area contributed by atoms with Crippen LogP contribution in [0.4, 0.5) is 26.7 Å². The molecule has 3 amide bonds. The summed E-state index contributed by atoms with van der Waals surface area (Å²) in [5.41, 5.74) is 4.71. The van der Waals surface area contributed by atoms with Crippen molar-refractivity contribution in [1.82, 2.24) is 16.0 Å². The van der Waals surface area contributed by atoms with Gasteiger partial charge in [-0.2, -0.15) is 22.0 Å². The van der Waals surface area contributed by atoms with E-state index in [4.69, 9.17) is 14.2 Å². The van der Waals surface area contributed by atoms with Gasteiger partial charge in [-0.3, -0.25) is 19.2 Å². The zero-order chi connectivity index (χ0) is 49.3. The monoisotopic (exact) mass is 937 g/mol. The van der Waals surface area contributed by atoms with Crippen LogP contribution in [0.2, 0.25) is 0 Å². The van der Waals surface area contributed by atoms with Crippen molar-refractivity contribution in [3.8, 4) is 16.9 Å². The van der Waals surface area contributed by atoms with Crippen LogP contribution in [0, 0.1) is 17.8 Å². The second kappa shape index (κ2) is 22.0. The minimum absolute atomic E-state index is 0.0364. The molecule has 360 valence electrons. The van der Waals surface area contributed by atoms with Gasteiger partial charge in [0.05, 0.1) is 19.4 Å². The van der Waals surface area contributed by atoms with Gasteiger partial charge in [-0.25, -0.2) is 4.79 Å². The Morgan fingerprint density at radius 1 is 0.746 bits per heavy atom. The van der Waals surface area contributed by atoms with Crippen molar-refractivity contribution in [2.45, 2.75) is 96.2 Å². The number of fused-ring (bicyclic) bond motifs is 3. The van der Waals surface area contributed by atoms with E-state index in [1.54, 1.807) is 45.0 Å². The molecule has 1 aliphatic carbocycles. The molecule has 0 aromatic heterocycles. The van der Waals surface area contributed by atoms with Crippen LogP contribution in [0.1, 0.15) is 87.2 Å². The van der Waals surface area contributed by atoms with Crippen molar-refractivity contribution in [3.63, 3.8) is 0 Å². The first-order valence-electron chi connectivity index (χ1n) is 21.7. The molecule has 4 atom stereocenters. The lowest BCUT2D eigenvalue weighted by molar-refractivity contribution is -0.178. The quantitative estimate of drug-likeness (QED) is 0.0503. The van der Waals surface area contributed by atoms with E-state index < -0.39 is 96.6 Å². The van der Waals surface area contributed by atoms with Gasteiger partial charge >= 0.3 is 24.2 Å². The van der Waals surface area contributed by atoms with E-state index in [2.05, 4.69) is 10.6 Å². The topological polar surface area (TPSA) is 169 Å². The molecule has 0 radical (unpaired) electrons. The Morgan fingerprint density at radius 2 is 1.31 bits per heavy atom. The summed E-state index contributed by atoms with van der Waals surface area (Å²) in [6.45, 7) is 5.98. The Kier molecular flexibility index (Phi) is 16.9. The van der Waals surface area contributed by atoms with E-state index in [0.29, 0.717) is 16.9 Å². The van der Waals surface area contributed by atoms with Gasteiger partial charge in [0.15, 0.2) is 5.78 Å². The molecule has 0 fully saturated rings. The summed E-state index contributed by atoms with van der Waals surface area (Å²) in [5.74, 6) is -13.2. The summed E-state index contributed by atoms with van der Waals surface area (Å²) >= 11 is 0. The number of hydrogen-bond donors (Lipinski definition) is 4. The third kappa shape index (κ3) is 14.1. The van der Waals surface area contributed by atoms with Crippen LogP contribution in [-0.2, 0) is 41.6 Å². The number of alkyl halides is 5. The van der Waals surface area contributed by atoms with Gasteiger partial charge in [0.2, 0.25) is 5.91 Å². The zero-order valence-electron chi connectivity index (χ0n) is 38.0. The van der Waals surface area contributed by atoms with Crippen LogP contribution in [0.25, 0.3) is 11.1 Å². The molecule has 0 saturated carbocycles. The van der Waals surface area contributed by atoms with Gasteiger partial charge < -0.3 is 35.3 Å². The van der Waals surface area contributed by atoms with Gasteiger partial charge in [-0.1, -0.05) is 98.8 Å². The molecular weight excluding hydrogens is 882 g/mol. The molecule has 1 aliphatic rings. The molecule has 12 nitrogen and oxygen atoms in total. The molecule has 17 heteroatoms. The molecule has 4 aromatic carbocycles. The molecule has 0 bridgehead atoms. The predicted octanol–water partition coefficient (Wildman–Crippen LogP) is 8.39. The van der Waals surface area contributed by atoms with Gasteiger partial charge in [0, 0.05) is 24.8 Å². The van der Waals surface area contributed by atoms with E-state index in [0.717, 1.165) is 27.6 Å². The number of ketones is 1. The van der Waals surface area contributed by atoms with E-state index in [9.17, 15) is 42.3 Å². The molecule has 5 rings (SSSR count). The highest BCUT2D eigenvalue weighted by atomic mass is 19.4. The lowest BCUT2D eigenvalue weighted by Gasteiger charge is -2.32. The number of nitrogens with one attached hydrogen (secondary N) is 3. The molecule has 0 spiro atoms. The highest BCUT2D eigenvalue weighted by Gasteiger charge is 2.52. The standard InChI is InChI=1S/C50H56F5N3O9/c1-29(2)39(44(61)50(54,55)46(63)57-28-49(51,52)53)25-41(59)43(32-19-21-34(65-6)22-20-32)58-45(62)33(23-30-15-17-31(18-16-30)26-56-47(64)67-48(3,4)5)24-42(60)66-27-40-37-13-9-7-11-35(37)36-12-8-10-14-38(36)40/h7-22,29,33,39-40,43-44,61H,23-28H2,1-6H3,(H,56,64)(H,57,63)(H,58,62)/t33-,39+,43+,44-/m1/s1. The number of aliphatic hydroxyl groups excluding tert-OH is 1. The maximum atomic E-state index is 15.3. The van der Waals surface area contributed by atoms with Crippen molar-refractivity contribution in [2.75, 3.05) is 20.3 Å². The van der Waals surface area contributed by atoms with Crippen molar-refractivity contribution in [1.29, 1.82) is 0 Å². The maximum absolute atomic E-state index is 15.3. The molecule has 0 aliphatic heterocycles. The number of ether oxygens (including phenoxy) is 3. The van der Waals surface area contributed by atoms with E-state index >= 15 is 8.78 Å². The summed E-state index contributed by atoms with van der Waals surface area (Å²) in [6.07, 6.45) is -9.90. The number of esters is 1. The normalized spacial score (nSPS) is 14.5. The number of carbonyl (C=O) groups is 5. The average molecular weight is 938 g/mol. The Morgan fingerprint density at radius 3 is 1.85 bits per heavy atom. The number of alkyl carbamates (subject to hydrolysis) is 1. The Bertz CT molecular complexity index is 2320. The van der Waals surface area contributed by atoms with Crippen LogP contribution < -0.4 is 20.7 Å². The predicted molar refractivity (Wildman–Crippen MR) is 238 cm³/mol. The number of amides is 3. The zero-order valence-corrected chi connectivity index (χ0v) is 38.0. The van der Waals surface area contributed by atoms with Crippen molar-refractivity contribution >= 4 is 29.7 Å². The van der Waals surface area contributed by atoms with Crippen LogP contribution in [-0.4, -0.2) is 78.8 Å². The third-order valence-corrected chi connectivity index (χ3v) is 11.4. The van der Waals surface area contributed by atoms with Crippen LogP contribution in [0.15, 0.2) is 97.1 Å². The molecule has 4 N–H and O–H groups in total. The van der Waals surface area contributed by atoms with Gasteiger partial charge in [-0.05, 0) is 84.2 Å². The van der Waals surface area contributed by atoms with Gasteiger partial charge in [0.1, 0.15) is 36.6 Å². The largest absolute Gasteiger partial charge is 0.497 e. The summed E-state index contributed by atoms with van der Waals surface area (Å²) < 4.78 is 85.3. The fraction of sp³-hybridized carbons (Fsp3) is 0.420.